The van der Waals surface area contributed by atoms with Crippen LogP contribution in [-0.2, 0) is 5.41 Å². The number of allylic oxidation sites excluding steroid dienone is 11. The standard InChI is InChI=1S/C50H46N2/c1-9-32-27-30(3)45(48(32,4)5)44-39-28-37-38(29-41(39)49(6,7)40(44)10-2)43(47-50(8)24-16-15-18-33(50)23-26-52-47)36-21-14-13-20-35(36)42(37)46-34-19-12-11-17-31(34)22-25-51-46/h9,11-29,47H,1,10H2,2-8H3. The number of aliphatic imine (C=N–C) groups is 1. The van der Waals surface area contributed by atoms with Crippen molar-refractivity contribution in [3.8, 4) is 11.3 Å². The number of fused-ring (bicyclic) bond motifs is 5. The molecule has 2 nitrogen and oxygen atoms in total. The van der Waals surface area contributed by atoms with E-state index in [4.69, 9.17) is 9.98 Å². The van der Waals surface area contributed by atoms with Gasteiger partial charge < -0.3 is 0 Å². The lowest BCUT2D eigenvalue weighted by Crippen LogP contribution is -2.28. The van der Waals surface area contributed by atoms with E-state index in [9.17, 15) is 0 Å². The molecule has 4 aromatic carbocycles. The fourth-order valence-electron chi connectivity index (χ4n) is 10.2. The van der Waals surface area contributed by atoms with Crippen molar-refractivity contribution in [3.63, 3.8) is 0 Å². The van der Waals surface area contributed by atoms with Crippen LogP contribution >= 0.6 is 0 Å². The third kappa shape index (κ3) is 4.30. The molecule has 2 atom stereocenters. The van der Waals surface area contributed by atoms with Gasteiger partial charge in [-0.2, -0.15) is 0 Å². The SMILES string of the molecule is C=CC1=CC(C)=C(C2=C(CC)C(C)(C)c3cc4c(C5N=CC=C6C=CC=CC65C)c5ccccc5c(-c5nccc6ccccc56)c4cc32)C1(C)C. The summed E-state index contributed by atoms with van der Waals surface area (Å²) < 4.78 is 0. The molecular formula is C50H46N2. The van der Waals surface area contributed by atoms with Crippen LogP contribution in [0.1, 0.15) is 77.6 Å². The first-order chi connectivity index (χ1) is 25.0. The van der Waals surface area contributed by atoms with Gasteiger partial charge in [0, 0.05) is 39.6 Å². The smallest absolute Gasteiger partial charge is 0.0889 e. The molecule has 256 valence electrons. The van der Waals surface area contributed by atoms with Gasteiger partial charge >= 0.3 is 0 Å². The highest BCUT2D eigenvalue weighted by atomic mass is 14.8. The first-order valence-corrected chi connectivity index (χ1v) is 18.8. The molecule has 0 bridgehead atoms. The van der Waals surface area contributed by atoms with Crippen molar-refractivity contribution in [3.05, 3.63) is 167 Å². The lowest BCUT2D eigenvalue weighted by molar-refractivity contribution is 0.418. The minimum atomic E-state index is -0.284. The van der Waals surface area contributed by atoms with Crippen molar-refractivity contribution in [1.29, 1.82) is 0 Å². The first-order valence-electron chi connectivity index (χ1n) is 18.8. The van der Waals surface area contributed by atoms with E-state index in [2.05, 4.69) is 164 Å². The molecule has 0 N–H and O–H groups in total. The molecule has 2 heteroatoms. The zero-order valence-corrected chi connectivity index (χ0v) is 31.4. The van der Waals surface area contributed by atoms with Crippen LogP contribution in [0, 0.1) is 10.8 Å². The molecule has 0 saturated heterocycles. The highest BCUT2D eigenvalue weighted by Crippen LogP contribution is 2.60. The van der Waals surface area contributed by atoms with E-state index < -0.39 is 0 Å². The molecule has 5 aromatic rings. The van der Waals surface area contributed by atoms with E-state index >= 15 is 0 Å². The molecule has 2 unspecified atom stereocenters. The summed E-state index contributed by atoms with van der Waals surface area (Å²) in [5.74, 6) is 0. The maximum absolute atomic E-state index is 5.36. The van der Waals surface area contributed by atoms with E-state index in [1.807, 2.05) is 12.4 Å². The Balaban J connectivity index is 1.46. The fraction of sp³-hybridized carbons (Fsp3) is 0.240. The summed E-state index contributed by atoms with van der Waals surface area (Å²) in [6.07, 6.45) is 20.5. The molecule has 0 spiro atoms. The minimum absolute atomic E-state index is 0.102. The second kappa shape index (κ2) is 11.3. The predicted octanol–water partition coefficient (Wildman–Crippen LogP) is 13.3. The number of hydrogen-bond donors (Lipinski definition) is 0. The molecule has 0 amide bonds. The van der Waals surface area contributed by atoms with Crippen LogP contribution in [0.3, 0.4) is 0 Å². The minimum Gasteiger partial charge on any atom is -0.284 e. The van der Waals surface area contributed by atoms with Gasteiger partial charge in [0.25, 0.3) is 0 Å². The maximum Gasteiger partial charge on any atom is 0.0889 e. The highest BCUT2D eigenvalue weighted by molar-refractivity contribution is 6.19. The predicted molar refractivity (Wildman–Crippen MR) is 223 cm³/mol. The summed E-state index contributed by atoms with van der Waals surface area (Å²) >= 11 is 0. The van der Waals surface area contributed by atoms with Crippen molar-refractivity contribution in [2.75, 3.05) is 0 Å². The highest BCUT2D eigenvalue weighted by Gasteiger charge is 2.45. The van der Waals surface area contributed by atoms with Crippen molar-refractivity contribution >= 4 is 44.1 Å². The summed E-state index contributed by atoms with van der Waals surface area (Å²) in [6.45, 7) is 20.8. The molecule has 0 saturated carbocycles. The van der Waals surface area contributed by atoms with Gasteiger partial charge in [0.15, 0.2) is 0 Å². The number of rotatable bonds is 5. The molecular weight excluding hydrogens is 629 g/mol. The lowest BCUT2D eigenvalue weighted by atomic mass is 9.68. The molecule has 0 radical (unpaired) electrons. The Labute approximate surface area is 308 Å². The van der Waals surface area contributed by atoms with E-state index in [0.717, 1.165) is 12.1 Å². The van der Waals surface area contributed by atoms with Crippen LogP contribution in [0.15, 0.2) is 155 Å². The van der Waals surface area contributed by atoms with Crippen LogP contribution in [0.5, 0.6) is 0 Å². The van der Waals surface area contributed by atoms with Gasteiger partial charge in [-0.25, -0.2) is 0 Å². The van der Waals surface area contributed by atoms with Gasteiger partial charge in [0.1, 0.15) is 0 Å². The van der Waals surface area contributed by atoms with E-state index in [0.29, 0.717) is 0 Å². The van der Waals surface area contributed by atoms with Crippen molar-refractivity contribution in [1.82, 2.24) is 4.98 Å². The van der Waals surface area contributed by atoms with Gasteiger partial charge in [-0.15, -0.1) is 0 Å². The summed E-state index contributed by atoms with van der Waals surface area (Å²) in [4.78, 5) is 10.6. The van der Waals surface area contributed by atoms with Crippen molar-refractivity contribution < 1.29 is 0 Å². The van der Waals surface area contributed by atoms with Crippen LogP contribution in [0.25, 0.3) is 49.1 Å². The first kappa shape index (κ1) is 32.6. The second-order valence-electron chi connectivity index (χ2n) is 16.3. The molecule has 1 aliphatic heterocycles. The Morgan fingerprint density at radius 1 is 0.827 bits per heavy atom. The maximum atomic E-state index is 5.36. The summed E-state index contributed by atoms with van der Waals surface area (Å²) in [5.41, 5.74) is 13.9. The third-order valence-corrected chi connectivity index (χ3v) is 12.8. The Morgan fingerprint density at radius 3 is 2.33 bits per heavy atom. The zero-order valence-electron chi connectivity index (χ0n) is 31.4. The summed E-state index contributed by atoms with van der Waals surface area (Å²) in [6, 6.07) is 24.8. The number of dihydropyridines is 1. The van der Waals surface area contributed by atoms with Gasteiger partial charge in [-0.1, -0.05) is 132 Å². The van der Waals surface area contributed by atoms with Crippen LogP contribution in [0.2, 0.25) is 0 Å². The van der Waals surface area contributed by atoms with E-state index in [1.54, 1.807) is 0 Å². The van der Waals surface area contributed by atoms with Crippen molar-refractivity contribution in [2.45, 2.75) is 66.3 Å². The fourth-order valence-corrected chi connectivity index (χ4v) is 10.2. The number of aromatic nitrogens is 1. The number of nitrogens with zero attached hydrogens (tertiary/aromatic N) is 2. The molecule has 1 aromatic heterocycles. The average Bonchev–Trinajstić information content (AvgIpc) is 3.50. The second-order valence-corrected chi connectivity index (χ2v) is 16.3. The van der Waals surface area contributed by atoms with Gasteiger partial charge in [0.2, 0.25) is 0 Å². The van der Waals surface area contributed by atoms with E-state index in [1.165, 1.54) is 88.0 Å². The van der Waals surface area contributed by atoms with Gasteiger partial charge in [-0.05, 0) is 116 Å². The molecule has 52 heavy (non-hydrogen) atoms. The Morgan fingerprint density at radius 2 is 1.58 bits per heavy atom. The van der Waals surface area contributed by atoms with Crippen LogP contribution < -0.4 is 0 Å². The van der Waals surface area contributed by atoms with Gasteiger partial charge in [-0.3, -0.25) is 9.98 Å². The van der Waals surface area contributed by atoms with Gasteiger partial charge in [0.05, 0.1) is 11.7 Å². The lowest BCUT2D eigenvalue weighted by Gasteiger charge is -2.39. The molecule has 3 aliphatic carbocycles. The molecule has 0 fully saturated rings. The number of pyridine rings is 1. The normalized spacial score (nSPS) is 22.7. The van der Waals surface area contributed by atoms with Crippen LogP contribution in [0.4, 0.5) is 0 Å². The Kier molecular flexibility index (Phi) is 7.09. The largest absolute Gasteiger partial charge is 0.284 e. The average molecular weight is 675 g/mol. The zero-order chi connectivity index (χ0) is 36.2. The number of benzene rings is 4. The Bertz CT molecular complexity index is 2640. The molecule has 9 rings (SSSR count). The molecule has 4 aliphatic rings. The molecule has 2 heterocycles. The van der Waals surface area contributed by atoms with Crippen molar-refractivity contribution in [2.24, 2.45) is 15.8 Å². The van der Waals surface area contributed by atoms with E-state index in [-0.39, 0.29) is 22.3 Å². The topological polar surface area (TPSA) is 25.2 Å². The monoisotopic (exact) mass is 674 g/mol. The Hall–Kier alpha value is -5.34. The quantitative estimate of drug-likeness (QED) is 0.170. The van der Waals surface area contributed by atoms with Crippen LogP contribution in [-0.4, -0.2) is 11.2 Å². The summed E-state index contributed by atoms with van der Waals surface area (Å²) in [7, 11) is 0. The third-order valence-electron chi connectivity index (χ3n) is 12.8. The summed E-state index contributed by atoms with van der Waals surface area (Å²) in [5, 5.41) is 7.31. The number of hydrogen-bond acceptors (Lipinski definition) is 2.